The van der Waals surface area contributed by atoms with E-state index in [-0.39, 0.29) is 44.0 Å². The van der Waals surface area contributed by atoms with Crippen LogP contribution in [0.15, 0.2) is 59.4 Å². The van der Waals surface area contributed by atoms with Crippen LogP contribution in [0.1, 0.15) is 34.7 Å². The van der Waals surface area contributed by atoms with Crippen molar-refractivity contribution in [3.8, 4) is 0 Å². The average molecular weight is 423 g/mol. The lowest BCUT2D eigenvalue weighted by molar-refractivity contribution is -0.122. The molecule has 0 radical (unpaired) electrons. The van der Waals surface area contributed by atoms with E-state index in [1.54, 1.807) is 18.2 Å². The van der Waals surface area contributed by atoms with Crippen molar-refractivity contribution in [1.29, 1.82) is 0 Å². The van der Waals surface area contributed by atoms with Crippen molar-refractivity contribution >= 4 is 11.8 Å². The van der Waals surface area contributed by atoms with Gasteiger partial charge in [-0.25, -0.2) is 13.9 Å². The largest absolute Gasteiger partial charge is 0.348 e. The number of hydrogen-bond donors (Lipinski definition) is 1. The van der Waals surface area contributed by atoms with Gasteiger partial charge in [0.1, 0.15) is 12.4 Å². The number of aromatic nitrogens is 3. The van der Waals surface area contributed by atoms with E-state index in [4.69, 9.17) is 0 Å². The summed E-state index contributed by atoms with van der Waals surface area (Å²) in [6.45, 7) is 2.12. The van der Waals surface area contributed by atoms with Crippen LogP contribution in [0.5, 0.6) is 0 Å². The zero-order chi connectivity index (χ0) is 22.0. The SMILES string of the molecule is CC(NC(=O)Cn1nc2n(c1=O)CCN(Cc1ccccc1F)C2=O)c1ccccc1. The lowest BCUT2D eigenvalue weighted by Crippen LogP contribution is -2.42. The van der Waals surface area contributed by atoms with Gasteiger partial charge in [-0.15, -0.1) is 5.10 Å². The zero-order valence-corrected chi connectivity index (χ0v) is 17.0. The fraction of sp³-hybridized carbons (Fsp3) is 0.273. The number of halogens is 1. The molecule has 3 aromatic rings. The zero-order valence-electron chi connectivity index (χ0n) is 17.0. The van der Waals surface area contributed by atoms with Crippen LogP contribution in [0.4, 0.5) is 4.39 Å². The topological polar surface area (TPSA) is 89.2 Å². The normalized spacial score (nSPS) is 14.3. The molecule has 8 nitrogen and oxygen atoms in total. The van der Waals surface area contributed by atoms with Crippen LogP contribution in [0, 0.1) is 5.82 Å². The van der Waals surface area contributed by atoms with Gasteiger partial charge in [0.05, 0.1) is 6.04 Å². The summed E-state index contributed by atoms with van der Waals surface area (Å²) in [7, 11) is 0. The maximum absolute atomic E-state index is 13.9. The first kappa shape index (κ1) is 20.5. The number of benzene rings is 2. The van der Waals surface area contributed by atoms with E-state index in [2.05, 4.69) is 10.4 Å². The Morgan fingerprint density at radius 2 is 1.81 bits per heavy atom. The monoisotopic (exact) mass is 423 g/mol. The predicted octanol–water partition coefficient (Wildman–Crippen LogP) is 1.72. The number of nitrogens with zero attached hydrogens (tertiary/aromatic N) is 4. The van der Waals surface area contributed by atoms with Crippen LogP contribution >= 0.6 is 0 Å². The van der Waals surface area contributed by atoms with Crippen LogP contribution < -0.4 is 11.0 Å². The highest BCUT2D eigenvalue weighted by Crippen LogP contribution is 2.15. The molecule has 0 saturated heterocycles. The highest BCUT2D eigenvalue weighted by Gasteiger charge is 2.30. The van der Waals surface area contributed by atoms with Crippen LogP contribution in [0.25, 0.3) is 0 Å². The summed E-state index contributed by atoms with van der Waals surface area (Å²) in [5, 5.41) is 6.91. The maximum atomic E-state index is 13.9. The Balaban J connectivity index is 1.47. The van der Waals surface area contributed by atoms with Gasteiger partial charge < -0.3 is 10.2 Å². The lowest BCUT2D eigenvalue weighted by atomic mass is 10.1. The first-order valence-electron chi connectivity index (χ1n) is 9.98. The van der Waals surface area contributed by atoms with Crippen molar-refractivity contribution in [2.24, 2.45) is 0 Å². The molecule has 0 saturated carbocycles. The van der Waals surface area contributed by atoms with Crippen molar-refractivity contribution in [3.63, 3.8) is 0 Å². The van der Waals surface area contributed by atoms with Gasteiger partial charge in [-0.3, -0.25) is 14.2 Å². The first-order chi connectivity index (χ1) is 14.9. The van der Waals surface area contributed by atoms with E-state index >= 15 is 0 Å². The summed E-state index contributed by atoms with van der Waals surface area (Å²) >= 11 is 0. The fourth-order valence-corrected chi connectivity index (χ4v) is 3.60. The first-order valence-corrected chi connectivity index (χ1v) is 9.98. The molecule has 1 aliphatic heterocycles. The minimum Gasteiger partial charge on any atom is -0.348 e. The van der Waals surface area contributed by atoms with E-state index in [0.29, 0.717) is 5.56 Å². The molecule has 2 heterocycles. The third-order valence-corrected chi connectivity index (χ3v) is 5.28. The van der Waals surface area contributed by atoms with Gasteiger partial charge in [0.15, 0.2) is 0 Å². The second-order valence-electron chi connectivity index (χ2n) is 7.43. The summed E-state index contributed by atoms with van der Waals surface area (Å²) in [6, 6.07) is 15.4. The Hall–Kier alpha value is -3.75. The number of amides is 2. The lowest BCUT2D eigenvalue weighted by Gasteiger charge is -2.26. The second-order valence-corrected chi connectivity index (χ2v) is 7.43. The number of fused-ring (bicyclic) bond motifs is 1. The molecule has 0 aliphatic carbocycles. The third kappa shape index (κ3) is 4.25. The summed E-state index contributed by atoms with van der Waals surface area (Å²) in [5.74, 6) is -1.29. The van der Waals surface area contributed by atoms with Crippen LogP contribution in [-0.4, -0.2) is 37.6 Å². The van der Waals surface area contributed by atoms with Crippen molar-refractivity contribution in [3.05, 3.63) is 87.9 Å². The molecule has 160 valence electrons. The molecule has 2 amide bonds. The molecule has 0 spiro atoms. The molecule has 1 atom stereocenters. The van der Waals surface area contributed by atoms with E-state index in [0.717, 1.165) is 10.2 Å². The summed E-state index contributed by atoms with van der Waals surface area (Å²) < 4.78 is 16.2. The van der Waals surface area contributed by atoms with Crippen molar-refractivity contribution in [2.45, 2.75) is 32.6 Å². The van der Waals surface area contributed by atoms with Crippen LogP contribution in [0.3, 0.4) is 0 Å². The molecule has 1 aromatic heterocycles. The van der Waals surface area contributed by atoms with Gasteiger partial charge in [-0.05, 0) is 18.6 Å². The van der Waals surface area contributed by atoms with Gasteiger partial charge in [0, 0.05) is 25.2 Å². The van der Waals surface area contributed by atoms with Crippen molar-refractivity contribution < 1.29 is 14.0 Å². The summed E-state index contributed by atoms with van der Waals surface area (Å²) in [4.78, 5) is 39.3. The Bertz CT molecular complexity index is 1170. The molecule has 31 heavy (non-hydrogen) atoms. The average Bonchev–Trinajstić information content (AvgIpc) is 3.08. The van der Waals surface area contributed by atoms with Gasteiger partial charge in [0.25, 0.3) is 5.91 Å². The molecule has 2 aromatic carbocycles. The van der Waals surface area contributed by atoms with Crippen molar-refractivity contribution in [2.75, 3.05) is 6.54 Å². The summed E-state index contributed by atoms with van der Waals surface area (Å²) in [5.41, 5.74) is 0.808. The molecule has 4 rings (SSSR count). The number of carbonyl (C=O) groups is 2. The highest BCUT2D eigenvalue weighted by molar-refractivity contribution is 5.91. The minimum atomic E-state index is -0.517. The Morgan fingerprint density at radius 3 is 2.55 bits per heavy atom. The standard InChI is InChI=1S/C22H22FN5O3/c1-15(16-7-3-2-4-8-16)24-19(29)14-28-22(31)27-12-11-26(21(30)20(27)25-28)13-17-9-5-6-10-18(17)23/h2-10,15H,11-14H2,1H3,(H,24,29). The number of nitrogens with one attached hydrogen (secondary N) is 1. The van der Waals surface area contributed by atoms with Crippen LogP contribution in [-0.2, 0) is 24.4 Å². The molecule has 0 bridgehead atoms. The molecule has 9 heteroatoms. The molecule has 1 N–H and O–H groups in total. The molecule has 1 unspecified atom stereocenters. The van der Waals surface area contributed by atoms with Crippen molar-refractivity contribution in [1.82, 2.24) is 24.6 Å². The van der Waals surface area contributed by atoms with E-state index in [9.17, 15) is 18.8 Å². The minimum absolute atomic E-state index is 0.0449. The van der Waals surface area contributed by atoms with Crippen LogP contribution in [0.2, 0.25) is 0 Å². The number of rotatable bonds is 6. The number of carbonyl (C=O) groups excluding carboxylic acids is 2. The Morgan fingerprint density at radius 1 is 1.10 bits per heavy atom. The number of hydrogen-bond acceptors (Lipinski definition) is 4. The van der Waals surface area contributed by atoms with E-state index < -0.39 is 17.4 Å². The predicted molar refractivity (Wildman–Crippen MR) is 111 cm³/mol. The third-order valence-electron chi connectivity index (χ3n) is 5.28. The molecular weight excluding hydrogens is 401 g/mol. The van der Waals surface area contributed by atoms with Gasteiger partial charge in [-0.1, -0.05) is 48.5 Å². The fourth-order valence-electron chi connectivity index (χ4n) is 3.60. The van der Waals surface area contributed by atoms with Gasteiger partial charge in [0.2, 0.25) is 11.7 Å². The van der Waals surface area contributed by atoms with Gasteiger partial charge in [-0.2, -0.15) is 0 Å². The maximum Gasteiger partial charge on any atom is 0.346 e. The van der Waals surface area contributed by atoms with E-state index in [1.165, 1.54) is 15.5 Å². The Kier molecular flexibility index (Phi) is 5.66. The smallest absolute Gasteiger partial charge is 0.346 e. The van der Waals surface area contributed by atoms with E-state index in [1.807, 2.05) is 37.3 Å². The quantitative estimate of drug-likeness (QED) is 0.654. The molecule has 1 aliphatic rings. The second kappa shape index (κ2) is 8.55. The van der Waals surface area contributed by atoms with Gasteiger partial charge >= 0.3 is 5.69 Å². The summed E-state index contributed by atoms with van der Waals surface area (Å²) in [6.07, 6.45) is 0. The molecular formula is C22H22FN5O3. The Labute approximate surface area is 177 Å². The molecule has 0 fully saturated rings. The highest BCUT2D eigenvalue weighted by atomic mass is 19.1.